The molecule has 2 aromatic rings. The predicted molar refractivity (Wildman–Crippen MR) is 83.0 cm³/mol. The number of carbonyl (C=O) groups excluding carboxylic acids is 1. The van der Waals surface area contributed by atoms with E-state index in [4.69, 9.17) is 16.3 Å². The van der Waals surface area contributed by atoms with Crippen molar-refractivity contribution >= 4 is 35.8 Å². The van der Waals surface area contributed by atoms with Gasteiger partial charge in [-0.05, 0) is 48.3 Å². The molecule has 0 spiro atoms. The third kappa shape index (κ3) is 2.81. The topological polar surface area (TPSA) is 58.6 Å². The summed E-state index contributed by atoms with van der Waals surface area (Å²) in [6.45, 7) is 1.87. The zero-order chi connectivity index (χ0) is 15.0. The summed E-state index contributed by atoms with van der Waals surface area (Å²) in [6, 6.07) is 12.1. The number of benzene rings is 2. The number of hydrogen-bond acceptors (Lipinski definition) is 3. The van der Waals surface area contributed by atoms with Crippen molar-refractivity contribution in [2.75, 3.05) is 5.32 Å². The minimum Gasteiger partial charge on any atom is -0.423 e. The van der Waals surface area contributed by atoms with Crippen LogP contribution in [0, 0.1) is 0 Å². The van der Waals surface area contributed by atoms with Crippen molar-refractivity contribution in [3.8, 4) is 0 Å². The molecule has 0 bridgehead atoms. The van der Waals surface area contributed by atoms with Gasteiger partial charge in [-0.2, -0.15) is 0 Å². The summed E-state index contributed by atoms with van der Waals surface area (Å²) in [6.07, 6.45) is -0.146. The molecule has 2 N–H and O–H groups in total. The van der Waals surface area contributed by atoms with Crippen LogP contribution in [0.25, 0.3) is 0 Å². The average molecular weight is 302 g/mol. The number of hydrogen-bond donors (Lipinski definition) is 2. The molecule has 6 heteroatoms. The Kier molecular flexibility index (Phi) is 3.72. The van der Waals surface area contributed by atoms with Gasteiger partial charge in [-0.1, -0.05) is 23.7 Å². The van der Waals surface area contributed by atoms with Crippen molar-refractivity contribution in [2.45, 2.75) is 13.0 Å². The number of rotatable bonds is 2. The van der Waals surface area contributed by atoms with Crippen molar-refractivity contribution < 1.29 is 14.5 Å². The Hall–Kier alpha value is -1.82. The molecule has 0 aromatic heterocycles. The summed E-state index contributed by atoms with van der Waals surface area (Å²) in [4.78, 5) is 12.1. The standard InChI is InChI=1S/C15H13BClNO3/c1-9-13-6-5-12(8-14(13)16(20)21-9)18-15(19)10-3-2-4-11(17)7-10/h2-9,20H,1H3,(H,18,19). The van der Waals surface area contributed by atoms with E-state index in [9.17, 15) is 9.82 Å². The van der Waals surface area contributed by atoms with Crippen molar-refractivity contribution in [1.29, 1.82) is 0 Å². The van der Waals surface area contributed by atoms with Gasteiger partial charge >= 0.3 is 7.12 Å². The zero-order valence-electron chi connectivity index (χ0n) is 11.3. The molecule has 3 rings (SSSR count). The van der Waals surface area contributed by atoms with Crippen LogP contribution in [-0.4, -0.2) is 18.0 Å². The smallest absolute Gasteiger partial charge is 0.423 e. The molecule has 1 heterocycles. The van der Waals surface area contributed by atoms with Gasteiger partial charge in [0.1, 0.15) is 0 Å². The van der Waals surface area contributed by atoms with Gasteiger partial charge in [0, 0.05) is 16.3 Å². The van der Waals surface area contributed by atoms with Gasteiger partial charge in [-0.25, -0.2) is 0 Å². The number of amides is 1. The fourth-order valence-electron chi connectivity index (χ4n) is 2.41. The van der Waals surface area contributed by atoms with Crippen molar-refractivity contribution in [3.63, 3.8) is 0 Å². The number of fused-ring (bicyclic) bond motifs is 1. The second-order valence-corrected chi connectivity index (χ2v) is 5.38. The summed E-state index contributed by atoms with van der Waals surface area (Å²) in [7, 11) is -0.946. The van der Waals surface area contributed by atoms with E-state index < -0.39 is 7.12 Å². The summed E-state index contributed by atoms with van der Waals surface area (Å²) in [5, 5.41) is 13.1. The normalized spacial score (nSPS) is 16.7. The molecule has 1 atom stereocenters. The Morgan fingerprint density at radius 1 is 1.33 bits per heavy atom. The number of anilines is 1. The van der Waals surface area contributed by atoms with E-state index in [0.717, 1.165) is 5.56 Å². The lowest BCUT2D eigenvalue weighted by Crippen LogP contribution is -2.28. The fraction of sp³-hybridized carbons (Fsp3) is 0.133. The molecule has 2 aromatic carbocycles. The molecule has 1 unspecified atom stereocenters. The average Bonchev–Trinajstić information content (AvgIpc) is 2.74. The minimum atomic E-state index is -0.946. The Morgan fingerprint density at radius 3 is 2.90 bits per heavy atom. The van der Waals surface area contributed by atoms with Crippen molar-refractivity contribution in [3.05, 3.63) is 58.6 Å². The maximum absolute atomic E-state index is 12.1. The van der Waals surface area contributed by atoms with E-state index in [2.05, 4.69) is 5.32 Å². The first-order valence-corrected chi connectivity index (χ1v) is 6.96. The van der Waals surface area contributed by atoms with E-state index in [0.29, 0.717) is 21.7 Å². The molecule has 0 aliphatic carbocycles. The molecule has 1 amide bonds. The van der Waals surface area contributed by atoms with Gasteiger partial charge in [0.2, 0.25) is 0 Å². The zero-order valence-corrected chi connectivity index (χ0v) is 12.1. The van der Waals surface area contributed by atoms with Gasteiger partial charge in [-0.3, -0.25) is 4.79 Å². The number of nitrogens with one attached hydrogen (secondary N) is 1. The monoisotopic (exact) mass is 301 g/mol. The maximum Gasteiger partial charge on any atom is 0.492 e. The van der Waals surface area contributed by atoms with Crippen LogP contribution in [0.2, 0.25) is 5.02 Å². The van der Waals surface area contributed by atoms with E-state index >= 15 is 0 Å². The van der Waals surface area contributed by atoms with E-state index in [1.54, 1.807) is 36.4 Å². The molecule has 0 radical (unpaired) electrons. The molecule has 0 saturated heterocycles. The summed E-state index contributed by atoms with van der Waals surface area (Å²) in [5.41, 5.74) is 2.71. The lowest BCUT2D eigenvalue weighted by Gasteiger charge is -2.08. The van der Waals surface area contributed by atoms with Crippen molar-refractivity contribution in [1.82, 2.24) is 0 Å². The third-order valence-electron chi connectivity index (χ3n) is 3.47. The van der Waals surface area contributed by atoms with Crippen LogP contribution in [0.15, 0.2) is 42.5 Å². The van der Waals surface area contributed by atoms with Crippen LogP contribution >= 0.6 is 11.6 Å². The molecular formula is C15H13BClNO3. The summed E-state index contributed by atoms with van der Waals surface area (Å²) in [5.74, 6) is -0.251. The highest BCUT2D eigenvalue weighted by molar-refractivity contribution is 6.61. The first-order chi connectivity index (χ1) is 10.0. The molecule has 0 fully saturated rings. The highest BCUT2D eigenvalue weighted by atomic mass is 35.5. The fourth-order valence-corrected chi connectivity index (χ4v) is 2.60. The first kappa shape index (κ1) is 14.1. The SMILES string of the molecule is CC1OB(O)c2cc(NC(=O)c3cccc(Cl)c3)ccc21. The minimum absolute atomic E-state index is 0.146. The number of carbonyl (C=O) groups is 1. The Bertz CT molecular complexity index is 707. The molecule has 21 heavy (non-hydrogen) atoms. The lowest BCUT2D eigenvalue weighted by molar-refractivity contribution is 0.102. The molecule has 1 aliphatic rings. The second-order valence-electron chi connectivity index (χ2n) is 4.94. The van der Waals surface area contributed by atoms with E-state index in [-0.39, 0.29) is 12.0 Å². The number of halogens is 1. The quantitative estimate of drug-likeness (QED) is 0.837. The van der Waals surface area contributed by atoms with Crippen LogP contribution in [0.3, 0.4) is 0 Å². The largest absolute Gasteiger partial charge is 0.492 e. The third-order valence-corrected chi connectivity index (χ3v) is 3.70. The Balaban J connectivity index is 1.83. The van der Waals surface area contributed by atoms with Gasteiger partial charge in [0.05, 0.1) is 6.10 Å². The van der Waals surface area contributed by atoms with Crippen LogP contribution in [0.1, 0.15) is 28.9 Å². The van der Waals surface area contributed by atoms with Gasteiger partial charge in [0.25, 0.3) is 5.91 Å². The summed E-state index contributed by atoms with van der Waals surface area (Å²) >= 11 is 5.87. The van der Waals surface area contributed by atoms with Crippen LogP contribution in [0.5, 0.6) is 0 Å². The highest BCUT2D eigenvalue weighted by Crippen LogP contribution is 2.24. The van der Waals surface area contributed by atoms with Crippen LogP contribution in [-0.2, 0) is 4.65 Å². The van der Waals surface area contributed by atoms with Gasteiger partial charge in [0.15, 0.2) is 0 Å². The van der Waals surface area contributed by atoms with Gasteiger partial charge in [-0.15, -0.1) is 0 Å². The summed E-state index contributed by atoms with van der Waals surface area (Å²) < 4.78 is 5.32. The van der Waals surface area contributed by atoms with Crippen LogP contribution < -0.4 is 10.8 Å². The molecule has 4 nitrogen and oxygen atoms in total. The second kappa shape index (κ2) is 5.52. The molecule has 0 saturated carbocycles. The highest BCUT2D eigenvalue weighted by Gasteiger charge is 2.32. The maximum atomic E-state index is 12.1. The molecular weight excluding hydrogens is 288 g/mol. The van der Waals surface area contributed by atoms with Crippen LogP contribution in [0.4, 0.5) is 5.69 Å². The van der Waals surface area contributed by atoms with E-state index in [1.807, 2.05) is 13.0 Å². The Labute approximate surface area is 127 Å². The molecule has 1 aliphatic heterocycles. The Morgan fingerprint density at radius 2 is 2.14 bits per heavy atom. The van der Waals surface area contributed by atoms with Gasteiger partial charge < -0.3 is 15.0 Å². The van der Waals surface area contributed by atoms with E-state index in [1.165, 1.54) is 0 Å². The predicted octanol–water partition coefficient (Wildman–Crippen LogP) is 2.37. The molecule has 106 valence electrons. The lowest BCUT2D eigenvalue weighted by atomic mass is 9.79. The van der Waals surface area contributed by atoms with Crippen molar-refractivity contribution in [2.24, 2.45) is 0 Å². The first-order valence-electron chi connectivity index (χ1n) is 6.59.